The van der Waals surface area contributed by atoms with Crippen LogP contribution in [0.15, 0.2) is 53.7 Å². The minimum absolute atomic E-state index is 0.133. The van der Waals surface area contributed by atoms with Crippen molar-refractivity contribution in [2.45, 2.75) is 18.6 Å². The van der Waals surface area contributed by atoms with E-state index in [1.807, 2.05) is 43.3 Å². The molecule has 0 aliphatic rings. The largest absolute Gasteiger partial charge is 0.351 e. The first kappa shape index (κ1) is 18.8. The van der Waals surface area contributed by atoms with Gasteiger partial charge in [0, 0.05) is 6.54 Å². The first-order valence-electron chi connectivity index (χ1n) is 8.40. The molecule has 0 aliphatic carbocycles. The molecule has 2 N–H and O–H groups in total. The van der Waals surface area contributed by atoms with Crippen molar-refractivity contribution in [3.05, 3.63) is 76.9 Å². The van der Waals surface area contributed by atoms with E-state index in [0.29, 0.717) is 17.5 Å². The predicted octanol–water partition coefficient (Wildman–Crippen LogP) is 3.83. The van der Waals surface area contributed by atoms with E-state index < -0.39 is 0 Å². The van der Waals surface area contributed by atoms with Crippen LogP contribution in [-0.2, 0) is 11.3 Å². The Morgan fingerprint density at radius 3 is 2.74 bits per heavy atom. The molecular weight excluding hydrogens is 363 g/mol. The molecule has 0 saturated heterocycles. The molecule has 138 valence electrons. The third kappa shape index (κ3) is 5.79. The normalized spacial score (nSPS) is 11.0. The van der Waals surface area contributed by atoms with Crippen molar-refractivity contribution in [3.8, 4) is 0 Å². The summed E-state index contributed by atoms with van der Waals surface area (Å²) >= 11 is 1.25. The number of aromatic amines is 1. The highest BCUT2D eigenvalue weighted by Crippen LogP contribution is 2.14. The van der Waals surface area contributed by atoms with Gasteiger partial charge in [-0.05, 0) is 41.8 Å². The molecule has 27 heavy (non-hydrogen) atoms. The number of rotatable bonds is 7. The molecule has 2 aromatic carbocycles. The molecule has 0 radical (unpaired) electrons. The second-order valence-electron chi connectivity index (χ2n) is 5.89. The number of hydrogen-bond acceptors (Lipinski definition) is 4. The quantitative estimate of drug-likeness (QED) is 0.609. The average Bonchev–Trinajstić information content (AvgIpc) is 3.13. The first-order chi connectivity index (χ1) is 13.1. The fraction of sp³-hybridized carbons (Fsp3) is 0.150. The van der Waals surface area contributed by atoms with Crippen LogP contribution in [0.1, 0.15) is 22.5 Å². The SMILES string of the molecule is Cc1ccccc1/C=C/c1nc(SCC(=O)NCc2ccc(F)cc2)n[nH]1. The maximum Gasteiger partial charge on any atom is 0.230 e. The van der Waals surface area contributed by atoms with Crippen molar-refractivity contribution in [3.63, 3.8) is 0 Å². The summed E-state index contributed by atoms with van der Waals surface area (Å²) in [5.41, 5.74) is 3.14. The van der Waals surface area contributed by atoms with Crippen LogP contribution in [-0.4, -0.2) is 26.8 Å². The molecule has 0 spiro atoms. The van der Waals surface area contributed by atoms with Crippen molar-refractivity contribution in [2.75, 3.05) is 5.75 Å². The van der Waals surface area contributed by atoms with Crippen LogP contribution in [0.2, 0.25) is 0 Å². The van der Waals surface area contributed by atoms with Crippen LogP contribution < -0.4 is 5.32 Å². The highest BCUT2D eigenvalue weighted by Gasteiger charge is 2.07. The Hall–Kier alpha value is -2.93. The Labute approximate surface area is 161 Å². The lowest BCUT2D eigenvalue weighted by atomic mass is 10.1. The second kappa shape index (κ2) is 9.14. The molecule has 1 amide bonds. The van der Waals surface area contributed by atoms with E-state index in [4.69, 9.17) is 0 Å². The standard InChI is InChI=1S/C20H19FN4OS/c1-14-4-2-3-5-16(14)8-11-18-23-20(25-24-18)27-13-19(26)22-12-15-6-9-17(21)10-7-15/h2-11H,12-13H2,1H3,(H,22,26)(H,23,24,25)/b11-8+. The number of halogens is 1. The van der Waals surface area contributed by atoms with Crippen LogP contribution in [0.5, 0.6) is 0 Å². The Bertz CT molecular complexity index is 937. The third-order valence-corrected chi connectivity index (χ3v) is 4.67. The monoisotopic (exact) mass is 382 g/mol. The van der Waals surface area contributed by atoms with Gasteiger partial charge in [0.1, 0.15) is 11.6 Å². The fourth-order valence-corrected chi connectivity index (χ4v) is 2.96. The molecule has 0 fully saturated rings. The molecular formula is C20H19FN4OS. The van der Waals surface area contributed by atoms with Gasteiger partial charge in [-0.25, -0.2) is 9.37 Å². The molecule has 0 bridgehead atoms. The summed E-state index contributed by atoms with van der Waals surface area (Å²) in [5, 5.41) is 10.2. The van der Waals surface area contributed by atoms with Gasteiger partial charge in [-0.15, -0.1) is 5.10 Å². The molecule has 1 aromatic heterocycles. The van der Waals surface area contributed by atoms with Crippen molar-refractivity contribution < 1.29 is 9.18 Å². The van der Waals surface area contributed by atoms with E-state index in [9.17, 15) is 9.18 Å². The van der Waals surface area contributed by atoms with Crippen LogP contribution in [0.4, 0.5) is 4.39 Å². The molecule has 0 unspecified atom stereocenters. The van der Waals surface area contributed by atoms with E-state index in [1.165, 1.54) is 29.5 Å². The number of aryl methyl sites for hydroxylation is 1. The lowest BCUT2D eigenvalue weighted by Crippen LogP contribution is -2.24. The number of hydrogen-bond donors (Lipinski definition) is 2. The Balaban J connectivity index is 1.47. The van der Waals surface area contributed by atoms with Crippen molar-refractivity contribution in [1.82, 2.24) is 20.5 Å². The fourth-order valence-electron chi connectivity index (χ4n) is 2.32. The van der Waals surface area contributed by atoms with Gasteiger partial charge in [-0.1, -0.05) is 54.2 Å². The zero-order valence-corrected chi connectivity index (χ0v) is 15.6. The molecule has 5 nitrogen and oxygen atoms in total. The predicted molar refractivity (Wildman–Crippen MR) is 105 cm³/mol. The second-order valence-corrected chi connectivity index (χ2v) is 6.83. The number of benzene rings is 2. The summed E-state index contributed by atoms with van der Waals surface area (Å²) in [6, 6.07) is 14.1. The molecule has 0 aliphatic heterocycles. The molecule has 1 heterocycles. The Morgan fingerprint density at radius 2 is 1.96 bits per heavy atom. The topological polar surface area (TPSA) is 70.7 Å². The van der Waals surface area contributed by atoms with E-state index in [-0.39, 0.29) is 17.5 Å². The summed E-state index contributed by atoms with van der Waals surface area (Å²) in [7, 11) is 0. The van der Waals surface area contributed by atoms with Gasteiger partial charge in [-0.2, -0.15) is 0 Å². The lowest BCUT2D eigenvalue weighted by molar-refractivity contribution is -0.118. The van der Waals surface area contributed by atoms with Gasteiger partial charge in [-0.3, -0.25) is 9.89 Å². The number of amides is 1. The van der Waals surface area contributed by atoms with E-state index >= 15 is 0 Å². The number of aromatic nitrogens is 3. The summed E-state index contributed by atoms with van der Waals surface area (Å²) in [6.45, 7) is 2.41. The van der Waals surface area contributed by atoms with E-state index in [2.05, 4.69) is 20.5 Å². The van der Waals surface area contributed by atoms with Crippen LogP contribution >= 0.6 is 11.8 Å². The lowest BCUT2D eigenvalue weighted by Gasteiger charge is -2.04. The van der Waals surface area contributed by atoms with Crippen LogP contribution in [0, 0.1) is 12.7 Å². The van der Waals surface area contributed by atoms with E-state index in [0.717, 1.165) is 11.1 Å². The number of nitrogens with one attached hydrogen (secondary N) is 2. The van der Waals surface area contributed by atoms with Gasteiger partial charge in [0.15, 0.2) is 0 Å². The zero-order valence-electron chi connectivity index (χ0n) is 14.8. The molecule has 3 aromatic rings. The Kier molecular flexibility index (Phi) is 6.38. The molecule has 0 saturated carbocycles. The number of thioether (sulfide) groups is 1. The van der Waals surface area contributed by atoms with Crippen LogP contribution in [0.25, 0.3) is 12.2 Å². The van der Waals surface area contributed by atoms with Crippen molar-refractivity contribution in [1.29, 1.82) is 0 Å². The minimum atomic E-state index is -0.294. The minimum Gasteiger partial charge on any atom is -0.351 e. The average molecular weight is 382 g/mol. The van der Waals surface area contributed by atoms with Gasteiger partial charge in [0.25, 0.3) is 0 Å². The molecule has 0 atom stereocenters. The highest BCUT2D eigenvalue weighted by atomic mass is 32.2. The number of carbonyl (C=O) groups excluding carboxylic acids is 1. The van der Waals surface area contributed by atoms with Crippen molar-refractivity contribution in [2.24, 2.45) is 0 Å². The summed E-state index contributed by atoms with van der Waals surface area (Å²) in [4.78, 5) is 16.3. The molecule has 7 heteroatoms. The smallest absolute Gasteiger partial charge is 0.230 e. The first-order valence-corrected chi connectivity index (χ1v) is 9.39. The number of H-pyrrole nitrogens is 1. The summed E-state index contributed by atoms with van der Waals surface area (Å²) in [5.74, 6) is 0.413. The summed E-state index contributed by atoms with van der Waals surface area (Å²) < 4.78 is 12.9. The Morgan fingerprint density at radius 1 is 1.19 bits per heavy atom. The maximum atomic E-state index is 12.9. The number of carbonyl (C=O) groups is 1. The van der Waals surface area contributed by atoms with Gasteiger partial charge in [0.05, 0.1) is 5.75 Å². The van der Waals surface area contributed by atoms with Gasteiger partial charge < -0.3 is 5.32 Å². The van der Waals surface area contributed by atoms with Gasteiger partial charge in [0.2, 0.25) is 11.1 Å². The highest BCUT2D eigenvalue weighted by molar-refractivity contribution is 7.99. The third-order valence-electron chi connectivity index (χ3n) is 3.83. The van der Waals surface area contributed by atoms with Crippen LogP contribution in [0.3, 0.4) is 0 Å². The zero-order chi connectivity index (χ0) is 19.1. The molecule has 3 rings (SSSR count). The van der Waals surface area contributed by atoms with Crippen molar-refractivity contribution >= 4 is 29.8 Å². The van der Waals surface area contributed by atoms with E-state index in [1.54, 1.807) is 12.1 Å². The van der Waals surface area contributed by atoms with Gasteiger partial charge >= 0.3 is 0 Å². The number of nitrogens with zero attached hydrogens (tertiary/aromatic N) is 2. The maximum absolute atomic E-state index is 12.9. The summed E-state index contributed by atoms with van der Waals surface area (Å²) in [6.07, 6.45) is 3.83.